The minimum absolute atomic E-state index is 0.0138. The molecule has 1 fully saturated rings. The number of urea groups is 1. The number of benzene rings is 1. The van der Waals surface area contributed by atoms with Crippen LogP contribution < -0.4 is 15.5 Å². The van der Waals surface area contributed by atoms with Crippen LogP contribution in [0.25, 0.3) is 11.3 Å². The van der Waals surface area contributed by atoms with Crippen LogP contribution in [0.2, 0.25) is 0 Å². The zero-order chi connectivity index (χ0) is 20.2. The molecular formula is C21H23FN6O. The number of piperidine rings is 1. The molecule has 150 valence electrons. The summed E-state index contributed by atoms with van der Waals surface area (Å²) in [6.45, 7) is 3.23. The first-order chi connectivity index (χ1) is 14.1. The molecule has 1 saturated heterocycles. The molecular weight excluding hydrogens is 371 g/mol. The van der Waals surface area contributed by atoms with Gasteiger partial charge in [-0.2, -0.15) is 5.10 Å². The molecule has 2 amide bonds. The maximum Gasteiger partial charge on any atom is 0.319 e. The van der Waals surface area contributed by atoms with E-state index in [1.807, 2.05) is 18.2 Å². The first-order valence-corrected chi connectivity index (χ1v) is 9.63. The van der Waals surface area contributed by atoms with Gasteiger partial charge in [0.2, 0.25) is 0 Å². The standard InChI is InChI=1S/C21H23FN6O/c1-14-4-5-16(11-18(14)22)24-21(29)25-17-3-2-10-28(13-17)20-12-19(26-27-20)15-6-8-23-9-7-15/h4-9,11-12,17H,2-3,10,13H2,1H3,(H,26,27)(H2,24,25,29)/t17-/m0/s1. The van der Waals surface area contributed by atoms with Crippen LogP contribution >= 0.6 is 0 Å². The Bertz CT molecular complexity index is 990. The van der Waals surface area contributed by atoms with Gasteiger partial charge in [0.05, 0.1) is 5.69 Å². The number of aromatic nitrogens is 3. The Morgan fingerprint density at radius 1 is 1.24 bits per heavy atom. The summed E-state index contributed by atoms with van der Waals surface area (Å²) in [6, 6.07) is 10.2. The van der Waals surface area contributed by atoms with Crippen molar-refractivity contribution in [1.82, 2.24) is 20.5 Å². The largest absolute Gasteiger partial charge is 0.353 e. The summed E-state index contributed by atoms with van der Waals surface area (Å²) >= 11 is 0. The lowest BCUT2D eigenvalue weighted by Crippen LogP contribution is -2.49. The smallest absolute Gasteiger partial charge is 0.319 e. The second-order valence-corrected chi connectivity index (χ2v) is 7.22. The monoisotopic (exact) mass is 394 g/mol. The summed E-state index contributed by atoms with van der Waals surface area (Å²) in [6.07, 6.45) is 5.32. The predicted octanol–water partition coefficient (Wildman–Crippen LogP) is 3.71. The van der Waals surface area contributed by atoms with E-state index in [-0.39, 0.29) is 17.9 Å². The second-order valence-electron chi connectivity index (χ2n) is 7.22. The van der Waals surface area contributed by atoms with E-state index in [4.69, 9.17) is 0 Å². The Balaban J connectivity index is 1.36. The first kappa shape index (κ1) is 18.9. The Morgan fingerprint density at radius 2 is 2.07 bits per heavy atom. The highest BCUT2D eigenvalue weighted by Gasteiger charge is 2.23. The lowest BCUT2D eigenvalue weighted by atomic mass is 10.1. The third-order valence-electron chi connectivity index (χ3n) is 5.07. The molecule has 0 bridgehead atoms. The van der Waals surface area contributed by atoms with Crippen LogP contribution in [0.5, 0.6) is 0 Å². The molecule has 1 atom stereocenters. The minimum Gasteiger partial charge on any atom is -0.353 e. The SMILES string of the molecule is Cc1ccc(NC(=O)N[C@H]2CCCN(c3cc(-c4ccncc4)[nH]n3)C2)cc1F. The quantitative estimate of drug-likeness (QED) is 0.630. The molecule has 0 radical (unpaired) electrons. The van der Waals surface area contributed by atoms with Crippen molar-refractivity contribution in [1.29, 1.82) is 0 Å². The summed E-state index contributed by atoms with van der Waals surface area (Å²) in [4.78, 5) is 18.5. The highest BCUT2D eigenvalue weighted by molar-refractivity contribution is 5.89. The van der Waals surface area contributed by atoms with Gasteiger partial charge in [-0.15, -0.1) is 0 Å². The molecule has 3 aromatic rings. The average Bonchev–Trinajstić information content (AvgIpc) is 3.22. The van der Waals surface area contributed by atoms with E-state index in [0.717, 1.165) is 36.5 Å². The average molecular weight is 394 g/mol. The van der Waals surface area contributed by atoms with Gasteiger partial charge in [-0.05, 0) is 49.6 Å². The molecule has 1 aromatic carbocycles. The first-order valence-electron chi connectivity index (χ1n) is 9.63. The molecule has 0 aliphatic carbocycles. The van der Waals surface area contributed by atoms with Crippen LogP contribution in [0.4, 0.5) is 20.7 Å². The molecule has 8 heteroatoms. The fraction of sp³-hybridized carbons (Fsp3) is 0.286. The summed E-state index contributed by atoms with van der Waals surface area (Å²) in [5, 5.41) is 13.2. The molecule has 0 saturated carbocycles. The Morgan fingerprint density at radius 3 is 2.86 bits per heavy atom. The summed E-state index contributed by atoms with van der Waals surface area (Å²) in [5.41, 5.74) is 2.93. The number of halogens is 1. The van der Waals surface area contributed by atoms with Crippen LogP contribution in [0.1, 0.15) is 18.4 Å². The van der Waals surface area contributed by atoms with E-state index in [1.165, 1.54) is 6.07 Å². The van der Waals surface area contributed by atoms with Crippen LogP contribution in [0.3, 0.4) is 0 Å². The van der Waals surface area contributed by atoms with Gasteiger partial charge in [-0.3, -0.25) is 10.1 Å². The number of aromatic amines is 1. The maximum atomic E-state index is 13.7. The number of rotatable bonds is 4. The third-order valence-corrected chi connectivity index (χ3v) is 5.07. The predicted molar refractivity (Wildman–Crippen MR) is 110 cm³/mol. The maximum absolute atomic E-state index is 13.7. The van der Waals surface area contributed by atoms with Crippen molar-refractivity contribution in [3.63, 3.8) is 0 Å². The number of nitrogens with zero attached hydrogens (tertiary/aromatic N) is 3. The Labute approximate surface area is 168 Å². The van der Waals surface area contributed by atoms with Crippen molar-refractivity contribution >= 4 is 17.5 Å². The fourth-order valence-corrected chi connectivity index (χ4v) is 3.48. The zero-order valence-corrected chi connectivity index (χ0v) is 16.2. The Hall–Kier alpha value is -3.42. The van der Waals surface area contributed by atoms with Gasteiger partial charge in [0.1, 0.15) is 5.82 Å². The van der Waals surface area contributed by atoms with Crippen LogP contribution in [-0.2, 0) is 0 Å². The number of amides is 2. The molecule has 1 aliphatic rings. The van der Waals surface area contributed by atoms with E-state index in [1.54, 1.807) is 31.5 Å². The highest BCUT2D eigenvalue weighted by atomic mass is 19.1. The number of hydrogen-bond acceptors (Lipinski definition) is 4. The molecule has 7 nitrogen and oxygen atoms in total. The van der Waals surface area contributed by atoms with Gasteiger partial charge < -0.3 is 15.5 Å². The van der Waals surface area contributed by atoms with Gasteiger partial charge in [0, 0.05) is 48.8 Å². The molecule has 1 aliphatic heterocycles. The number of aryl methyl sites for hydroxylation is 1. The second kappa shape index (κ2) is 8.30. The van der Waals surface area contributed by atoms with Crippen molar-refractivity contribution in [3.05, 3.63) is 60.2 Å². The zero-order valence-electron chi connectivity index (χ0n) is 16.2. The lowest BCUT2D eigenvalue weighted by molar-refractivity contribution is 0.246. The number of anilines is 2. The minimum atomic E-state index is -0.338. The van der Waals surface area contributed by atoms with Crippen molar-refractivity contribution in [2.45, 2.75) is 25.8 Å². The number of H-pyrrole nitrogens is 1. The van der Waals surface area contributed by atoms with Gasteiger partial charge in [-0.1, -0.05) is 6.07 Å². The number of pyridine rings is 1. The third kappa shape index (κ3) is 4.53. The summed E-state index contributed by atoms with van der Waals surface area (Å²) < 4.78 is 13.7. The lowest BCUT2D eigenvalue weighted by Gasteiger charge is -2.33. The van der Waals surface area contributed by atoms with Crippen molar-refractivity contribution < 1.29 is 9.18 Å². The van der Waals surface area contributed by atoms with E-state index >= 15 is 0 Å². The molecule has 3 heterocycles. The van der Waals surface area contributed by atoms with Crippen LogP contribution in [0, 0.1) is 12.7 Å². The van der Waals surface area contributed by atoms with Crippen molar-refractivity contribution in [2.75, 3.05) is 23.3 Å². The van der Waals surface area contributed by atoms with Gasteiger partial charge in [0.15, 0.2) is 5.82 Å². The van der Waals surface area contributed by atoms with E-state index in [9.17, 15) is 9.18 Å². The molecule has 29 heavy (non-hydrogen) atoms. The molecule has 0 unspecified atom stereocenters. The van der Waals surface area contributed by atoms with Crippen molar-refractivity contribution in [2.24, 2.45) is 0 Å². The van der Waals surface area contributed by atoms with Crippen molar-refractivity contribution in [3.8, 4) is 11.3 Å². The Kier molecular flexibility index (Phi) is 5.41. The van der Waals surface area contributed by atoms with Gasteiger partial charge >= 0.3 is 6.03 Å². The number of carbonyl (C=O) groups excluding carboxylic acids is 1. The van der Waals surface area contributed by atoms with Crippen LogP contribution in [0.15, 0.2) is 48.8 Å². The normalized spacial score (nSPS) is 16.5. The molecule has 3 N–H and O–H groups in total. The highest BCUT2D eigenvalue weighted by Crippen LogP contribution is 2.24. The fourth-order valence-electron chi connectivity index (χ4n) is 3.48. The van der Waals surface area contributed by atoms with Gasteiger partial charge in [-0.25, -0.2) is 9.18 Å². The van der Waals surface area contributed by atoms with Gasteiger partial charge in [0.25, 0.3) is 0 Å². The number of carbonyl (C=O) groups is 1. The number of nitrogens with one attached hydrogen (secondary N) is 3. The molecule has 4 rings (SSSR count). The summed E-state index contributed by atoms with van der Waals surface area (Å²) in [7, 11) is 0. The molecule has 2 aromatic heterocycles. The summed E-state index contributed by atoms with van der Waals surface area (Å²) in [5.74, 6) is 0.513. The number of hydrogen-bond donors (Lipinski definition) is 3. The molecule has 0 spiro atoms. The van der Waals surface area contributed by atoms with E-state index in [2.05, 4.69) is 30.7 Å². The van der Waals surface area contributed by atoms with E-state index < -0.39 is 0 Å². The van der Waals surface area contributed by atoms with Crippen LogP contribution in [-0.4, -0.2) is 40.3 Å². The van der Waals surface area contributed by atoms with E-state index in [0.29, 0.717) is 17.8 Å². The topological polar surface area (TPSA) is 85.9 Å².